The molecule has 1 N–H and O–H groups in total. The van der Waals surface area contributed by atoms with Crippen LogP contribution in [-0.4, -0.2) is 45.3 Å². The molecule has 31 heavy (non-hydrogen) atoms. The Labute approximate surface area is 188 Å². The predicted octanol–water partition coefficient (Wildman–Crippen LogP) is 5.55. The number of aromatic nitrogens is 2. The summed E-state index contributed by atoms with van der Waals surface area (Å²) in [5.74, 6) is 0.803. The summed E-state index contributed by atoms with van der Waals surface area (Å²) >= 11 is 6.20. The molecule has 3 aromatic rings. The maximum absolute atomic E-state index is 12.5. The number of piperidine rings is 1. The van der Waals surface area contributed by atoms with Gasteiger partial charge in [0.05, 0.1) is 17.6 Å². The minimum atomic E-state index is -0.498. The number of carbonyl (C=O) groups is 1. The maximum Gasteiger partial charge on any atom is 0.410 e. The Bertz CT molecular complexity index is 1070. The summed E-state index contributed by atoms with van der Waals surface area (Å²) in [6, 6.07) is 16.1. The summed E-state index contributed by atoms with van der Waals surface area (Å²) in [7, 11) is 0. The zero-order chi connectivity index (χ0) is 22.0. The molecule has 2 heterocycles. The fourth-order valence-corrected chi connectivity index (χ4v) is 4.15. The van der Waals surface area contributed by atoms with Gasteiger partial charge in [0.2, 0.25) is 5.95 Å². The van der Waals surface area contributed by atoms with Crippen molar-refractivity contribution in [1.82, 2.24) is 14.5 Å². The Morgan fingerprint density at radius 1 is 1.23 bits per heavy atom. The van der Waals surface area contributed by atoms with Crippen LogP contribution in [0.2, 0.25) is 5.02 Å². The molecule has 1 aliphatic rings. The van der Waals surface area contributed by atoms with E-state index in [9.17, 15) is 4.79 Å². The fraction of sp³-hybridized carbons (Fsp3) is 0.417. The molecule has 1 saturated heterocycles. The summed E-state index contributed by atoms with van der Waals surface area (Å²) in [6.07, 6.45) is 1.64. The number of halogens is 1. The lowest BCUT2D eigenvalue weighted by Crippen LogP contribution is -2.47. The highest BCUT2D eigenvalue weighted by Gasteiger charge is 2.28. The van der Waals surface area contributed by atoms with Crippen molar-refractivity contribution in [2.45, 2.75) is 51.8 Å². The SMILES string of the molecule is CC(C)(C)OC(=O)N1CCC[C@H](Nc2nc3ccccc3n2Cc2cccc(Cl)c2)C1. The van der Waals surface area contributed by atoms with Crippen molar-refractivity contribution in [1.29, 1.82) is 0 Å². The van der Waals surface area contributed by atoms with Crippen molar-refractivity contribution in [3.63, 3.8) is 0 Å². The molecule has 0 unspecified atom stereocenters. The molecule has 1 aromatic heterocycles. The van der Waals surface area contributed by atoms with Crippen LogP contribution >= 0.6 is 11.6 Å². The second-order valence-corrected chi connectivity index (χ2v) is 9.49. The zero-order valence-electron chi connectivity index (χ0n) is 18.3. The van der Waals surface area contributed by atoms with Crippen LogP contribution in [0, 0.1) is 0 Å². The van der Waals surface area contributed by atoms with Gasteiger partial charge in [0.1, 0.15) is 5.60 Å². The van der Waals surface area contributed by atoms with E-state index in [1.165, 1.54) is 0 Å². The van der Waals surface area contributed by atoms with E-state index in [4.69, 9.17) is 21.3 Å². The highest BCUT2D eigenvalue weighted by atomic mass is 35.5. The number of imidazole rings is 1. The van der Waals surface area contributed by atoms with E-state index in [-0.39, 0.29) is 12.1 Å². The van der Waals surface area contributed by atoms with Crippen LogP contribution in [0.4, 0.5) is 10.7 Å². The average molecular weight is 441 g/mol. The van der Waals surface area contributed by atoms with Gasteiger partial charge in [-0.2, -0.15) is 0 Å². The molecule has 2 aromatic carbocycles. The number of nitrogens with zero attached hydrogens (tertiary/aromatic N) is 3. The highest BCUT2D eigenvalue weighted by molar-refractivity contribution is 6.30. The number of benzene rings is 2. The van der Waals surface area contributed by atoms with Crippen LogP contribution < -0.4 is 5.32 Å². The minimum Gasteiger partial charge on any atom is -0.444 e. The number of hydrogen-bond donors (Lipinski definition) is 1. The molecular weight excluding hydrogens is 412 g/mol. The predicted molar refractivity (Wildman–Crippen MR) is 125 cm³/mol. The number of anilines is 1. The smallest absolute Gasteiger partial charge is 0.410 e. The zero-order valence-corrected chi connectivity index (χ0v) is 19.0. The number of nitrogens with one attached hydrogen (secondary N) is 1. The van der Waals surface area contributed by atoms with Crippen LogP contribution in [0.25, 0.3) is 11.0 Å². The van der Waals surface area contributed by atoms with Gasteiger partial charge < -0.3 is 19.5 Å². The summed E-state index contributed by atoms with van der Waals surface area (Å²) < 4.78 is 7.74. The van der Waals surface area contributed by atoms with E-state index in [0.29, 0.717) is 19.6 Å². The molecule has 1 fully saturated rings. The largest absolute Gasteiger partial charge is 0.444 e. The Balaban J connectivity index is 1.56. The topological polar surface area (TPSA) is 59.4 Å². The van der Waals surface area contributed by atoms with E-state index < -0.39 is 5.60 Å². The molecule has 1 aliphatic heterocycles. The number of amides is 1. The van der Waals surface area contributed by atoms with E-state index in [1.807, 2.05) is 57.2 Å². The average Bonchev–Trinajstić information content (AvgIpc) is 3.04. The standard InChI is InChI=1S/C24H29ClN4O2/c1-24(2,3)31-23(30)28-13-7-10-19(16-28)26-22-27-20-11-4-5-12-21(20)29(22)15-17-8-6-9-18(25)14-17/h4-6,8-9,11-12,14,19H,7,10,13,15-16H2,1-3H3,(H,26,27)/t19-/m0/s1. The Hall–Kier alpha value is -2.73. The quantitative estimate of drug-likeness (QED) is 0.577. The molecule has 7 heteroatoms. The molecule has 1 amide bonds. The number of ether oxygens (including phenoxy) is 1. The van der Waals surface area contributed by atoms with Crippen molar-refractivity contribution in [2.24, 2.45) is 0 Å². The molecule has 164 valence electrons. The number of para-hydroxylation sites is 2. The summed E-state index contributed by atoms with van der Waals surface area (Å²) in [4.78, 5) is 19.2. The van der Waals surface area contributed by atoms with E-state index in [1.54, 1.807) is 4.90 Å². The normalized spacial score (nSPS) is 17.0. The number of carbonyl (C=O) groups excluding carboxylic acids is 1. The molecule has 6 nitrogen and oxygen atoms in total. The van der Waals surface area contributed by atoms with Gasteiger partial charge >= 0.3 is 6.09 Å². The third-order valence-corrected chi connectivity index (χ3v) is 5.53. The third-order valence-electron chi connectivity index (χ3n) is 5.29. The van der Waals surface area contributed by atoms with E-state index in [2.05, 4.69) is 22.0 Å². The molecule has 0 aliphatic carbocycles. The molecule has 0 radical (unpaired) electrons. The van der Waals surface area contributed by atoms with Gasteiger partial charge in [-0.15, -0.1) is 0 Å². The number of likely N-dealkylation sites (tertiary alicyclic amines) is 1. The highest BCUT2D eigenvalue weighted by Crippen LogP contribution is 2.25. The van der Waals surface area contributed by atoms with Gasteiger partial charge in [0.15, 0.2) is 0 Å². The second-order valence-electron chi connectivity index (χ2n) is 9.05. The van der Waals surface area contributed by atoms with E-state index in [0.717, 1.165) is 40.4 Å². The Morgan fingerprint density at radius 3 is 2.81 bits per heavy atom. The maximum atomic E-state index is 12.5. The van der Waals surface area contributed by atoms with Gasteiger partial charge in [0.25, 0.3) is 0 Å². The first-order chi connectivity index (χ1) is 14.8. The summed E-state index contributed by atoms with van der Waals surface area (Å²) in [6.45, 7) is 7.64. The van der Waals surface area contributed by atoms with Crippen molar-refractivity contribution >= 4 is 34.7 Å². The Kier molecular flexibility index (Phi) is 6.10. The van der Waals surface area contributed by atoms with Gasteiger partial charge in [-0.1, -0.05) is 35.9 Å². The molecule has 0 spiro atoms. The van der Waals surface area contributed by atoms with Gasteiger partial charge in [-0.05, 0) is 63.4 Å². The van der Waals surface area contributed by atoms with Gasteiger partial charge in [-0.25, -0.2) is 9.78 Å². The second kappa shape index (κ2) is 8.79. The fourth-order valence-electron chi connectivity index (χ4n) is 3.93. The molecular formula is C24H29ClN4O2. The Morgan fingerprint density at radius 2 is 2.03 bits per heavy atom. The first-order valence-corrected chi connectivity index (χ1v) is 11.1. The summed E-state index contributed by atoms with van der Waals surface area (Å²) in [5, 5.41) is 4.31. The van der Waals surface area contributed by atoms with Crippen LogP contribution in [-0.2, 0) is 11.3 Å². The first kappa shape index (κ1) is 21.5. The van der Waals surface area contributed by atoms with Crippen LogP contribution in [0.3, 0.4) is 0 Å². The molecule has 1 atom stereocenters. The van der Waals surface area contributed by atoms with Gasteiger partial charge in [0, 0.05) is 24.2 Å². The molecule has 0 bridgehead atoms. The van der Waals surface area contributed by atoms with Crippen molar-refractivity contribution in [2.75, 3.05) is 18.4 Å². The van der Waals surface area contributed by atoms with Crippen LogP contribution in [0.1, 0.15) is 39.2 Å². The lowest BCUT2D eigenvalue weighted by molar-refractivity contribution is 0.0206. The van der Waals surface area contributed by atoms with Gasteiger partial charge in [-0.3, -0.25) is 0 Å². The third kappa shape index (κ3) is 5.31. The number of rotatable bonds is 4. The molecule has 0 saturated carbocycles. The van der Waals surface area contributed by atoms with Crippen molar-refractivity contribution in [3.8, 4) is 0 Å². The van der Waals surface area contributed by atoms with E-state index >= 15 is 0 Å². The lowest BCUT2D eigenvalue weighted by atomic mass is 10.1. The summed E-state index contributed by atoms with van der Waals surface area (Å²) in [5.41, 5.74) is 2.61. The molecule has 4 rings (SSSR count). The van der Waals surface area contributed by atoms with Crippen molar-refractivity contribution in [3.05, 3.63) is 59.1 Å². The lowest BCUT2D eigenvalue weighted by Gasteiger charge is -2.34. The van der Waals surface area contributed by atoms with Crippen LogP contribution in [0.5, 0.6) is 0 Å². The minimum absolute atomic E-state index is 0.108. The van der Waals surface area contributed by atoms with Crippen molar-refractivity contribution < 1.29 is 9.53 Å². The number of fused-ring (bicyclic) bond motifs is 1. The number of hydrogen-bond acceptors (Lipinski definition) is 4. The monoisotopic (exact) mass is 440 g/mol. The first-order valence-electron chi connectivity index (χ1n) is 10.7. The van der Waals surface area contributed by atoms with Crippen LogP contribution in [0.15, 0.2) is 48.5 Å².